The number of benzene rings is 1. The molecular formula is C16H15N3O2. The summed E-state index contributed by atoms with van der Waals surface area (Å²) in [6.45, 7) is 0.341. The van der Waals surface area contributed by atoms with Crippen LogP contribution in [0.4, 0.5) is 5.69 Å². The number of ether oxygens (including phenoxy) is 1. The number of carbonyl (C=O) groups excluding carboxylic acids is 1. The summed E-state index contributed by atoms with van der Waals surface area (Å²) >= 11 is 0. The van der Waals surface area contributed by atoms with Crippen LogP contribution >= 0.6 is 0 Å². The molecule has 0 aliphatic heterocycles. The normalized spacial score (nSPS) is 10.5. The molecule has 1 aromatic carbocycles. The van der Waals surface area contributed by atoms with Crippen molar-refractivity contribution in [3.05, 3.63) is 61.1 Å². The third-order valence-electron chi connectivity index (χ3n) is 3.03. The molecule has 0 aliphatic rings. The number of hydrogen-bond acceptors (Lipinski definition) is 3. The van der Waals surface area contributed by atoms with Crippen LogP contribution in [0, 0.1) is 0 Å². The van der Waals surface area contributed by atoms with E-state index in [1.165, 1.54) is 0 Å². The molecule has 1 amide bonds. The minimum absolute atomic E-state index is 0.0953. The molecule has 0 bridgehead atoms. The molecule has 0 fully saturated rings. The Morgan fingerprint density at radius 3 is 2.86 bits per heavy atom. The van der Waals surface area contributed by atoms with Crippen LogP contribution in [0.1, 0.15) is 6.42 Å². The van der Waals surface area contributed by atoms with Gasteiger partial charge in [-0.05, 0) is 24.3 Å². The van der Waals surface area contributed by atoms with E-state index in [1.807, 2.05) is 59.3 Å². The Morgan fingerprint density at radius 2 is 2.00 bits per heavy atom. The lowest BCUT2D eigenvalue weighted by atomic mass is 10.3. The summed E-state index contributed by atoms with van der Waals surface area (Å²) in [4.78, 5) is 16.2. The highest BCUT2D eigenvalue weighted by Gasteiger charge is 2.07. The predicted octanol–water partition coefficient (Wildman–Crippen LogP) is 2.74. The highest BCUT2D eigenvalue weighted by Crippen LogP contribution is 2.14. The number of nitrogens with zero attached hydrogens (tertiary/aromatic N) is 2. The van der Waals surface area contributed by atoms with Crippen molar-refractivity contribution in [2.24, 2.45) is 0 Å². The van der Waals surface area contributed by atoms with Gasteiger partial charge in [0, 0.05) is 18.6 Å². The monoisotopic (exact) mass is 281 g/mol. The molecule has 0 saturated heterocycles. The number of nitrogens with one attached hydrogen (secondary N) is 1. The van der Waals surface area contributed by atoms with Gasteiger partial charge in [0.1, 0.15) is 5.75 Å². The standard InChI is InChI=1S/C16H15N3O2/c20-15(8-12-21-13-5-2-1-3-6-13)18-14-7-4-10-19-11-9-17-16(14)19/h1-7,9-11H,8,12H2,(H,18,20). The first kappa shape index (κ1) is 13.2. The Labute approximate surface area is 122 Å². The van der Waals surface area contributed by atoms with Crippen molar-refractivity contribution in [1.29, 1.82) is 0 Å². The summed E-state index contributed by atoms with van der Waals surface area (Å²) in [5.74, 6) is 0.669. The van der Waals surface area contributed by atoms with E-state index in [2.05, 4.69) is 10.3 Å². The lowest BCUT2D eigenvalue weighted by Crippen LogP contribution is -2.15. The molecule has 0 radical (unpaired) electrons. The van der Waals surface area contributed by atoms with E-state index in [-0.39, 0.29) is 12.3 Å². The number of carbonyl (C=O) groups is 1. The Morgan fingerprint density at radius 1 is 1.14 bits per heavy atom. The van der Waals surface area contributed by atoms with Crippen molar-refractivity contribution in [2.75, 3.05) is 11.9 Å². The van der Waals surface area contributed by atoms with Crippen LogP contribution in [-0.4, -0.2) is 21.9 Å². The number of para-hydroxylation sites is 1. The summed E-state index contributed by atoms with van der Waals surface area (Å²) < 4.78 is 7.36. The van der Waals surface area contributed by atoms with Gasteiger partial charge >= 0.3 is 0 Å². The van der Waals surface area contributed by atoms with Crippen LogP contribution in [0.2, 0.25) is 0 Å². The average Bonchev–Trinajstić information content (AvgIpc) is 2.98. The van der Waals surface area contributed by atoms with E-state index in [9.17, 15) is 4.79 Å². The molecule has 5 nitrogen and oxygen atoms in total. The number of anilines is 1. The molecule has 1 N–H and O–H groups in total. The Hall–Kier alpha value is -2.82. The number of amides is 1. The number of hydrogen-bond donors (Lipinski definition) is 1. The molecule has 0 atom stereocenters. The van der Waals surface area contributed by atoms with Crippen LogP contribution < -0.4 is 10.1 Å². The summed E-state index contributed by atoms with van der Waals surface area (Å²) in [6.07, 6.45) is 5.71. The van der Waals surface area contributed by atoms with Crippen molar-refractivity contribution in [1.82, 2.24) is 9.38 Å². The fourth-order valence-corrected chi connectivity index (χ4v) is 2.04. The van der Waals surface area contributed by atoms with Crippen LogP contribution in [-0.2, 0) is 4.79 Å². The Bertz CT molecular complexity index is 737. The quantitative estimate of drug-likeness (QED) is 0.782. The minimum atomic E-state index is -0.0953. The second-order valence-corrected chi connectivity index (χ2v) is 4.54. The first-order valence-corrected chi connectivity index (χ1v) is 6.72. The smallest absolute Gasteiger partial charge is 0.227 e. The fourth-order valence-electron chi connectivity index (χ4n) is 2.04. The van der Waals surface area contributed by atoms with E-state index >= 15 is 0 Å². The van der Waals surface area contributed by atoms with Gasteiger partial charge in [-0.2, -0.15) is 0 Å². The molecule has 3 rings (SSSR count). The lowest BCUT2D eigenvalue weighted by Gasteiger charge is -2.08. The Kier molecular flexibility index (Phi) is 3.82. The number of rotatable bonds is 5. The second kappa shape index (κ2) is 6.09. The van der Waals surface area contributed by atoms with Gasteiger partial charge in [-0.15, -0.1) is 0 Å². The molecule has 21 heavy (non-hydrogen) atoms. The fraction of sp³-hybridized carbons (Fsp3) is 0.125. The zero-order valence-corrected chi connectivity index (χ0v) is 11.4. The van der Waals surface area contributed by atoms with Gasteiger partial charge in [0.2, 0.25) is 5.91 Å². The van der Waals surface area contributed by atoms with E-state index < -0.39 is 0 Å². The number of aromatic nitrogens is 2. The van der Waals surface area contributed by atoms with Crippen LogP contribution in [0.25, 0.3) is 5.65 Å². The number of fused-ring (bicyclic) bond motifs is 1. The molecule has 3 aromatic rings. The highest BCUT2D eigenvalue weighted by molar-refractivity contribution is 5.94. The zero-order valence-electron chi connectivity index (χ0n) is 11.4. The molecule has 106 valence electrons. The van der Waals surface area contributed by atoms with Gasteiger partial charge < -0.3 is 14.5 Å². The minimum Gasteiger partial charge on any atom is -0.493 e. The van der Waals surface area contributed by atoms with Crippen molar-refractivity contribution >= 4 is 17.2 Å². The van der Waals surface area contributed by atoms with Gasteiger partial charge in [0.05, 0.1) is 18.7 Å². The molecule has 5 heteroatoms. The maximum Gasteiger partial charge on any atom is 0.227 e. The van der Waals surface area contributed by atoms with Gasteiger partial charge in [-0.1, -0.05) is 18.2 Å². The molecule has 2 aromatic heterocycles. The maximum atomic E-state index is 11.9. The topological polar surface area (TPSA) is 55.6 Å². The van der Waals surface area contributed by atoms with Crippen LogP contribution in [0.3, 0.4) is 0 Å². The van der Waals surface area contributed by atoms with Crippen molar-refractivity contribution in [2.45, 2.75) is 6.42 Å². The SMILES string of the molecule is O=C(CCOc1ccccc1)Nc1cccn2ccnc12. The summed E-state index contributed by atoms with van der Waals surface area (Å²) in [7, 11) is 0. The second-order valence-electron chi connectivity index (χ2n) is 4.54. The molecular weight excluding hydrogens is 266 g/mol. The third kappa shape index (κ3) is 3.20. The molecule has 0 spiro atoms. The molecule has 0 aliphatic carbocycles. The van der Waals surface area contributed by atoms with Gasteiger partial charge in [-0.3, -0.25) is 4.79 Å². The van der Waals surface area contributed by atoms with Crippen LogP contribution in [0.5, 0.6) is 5.75 Å². The van der Waals surface area contributed by atoms with E-state index in [0.29, 0.717) is 12.3 Å². The summed E-state index contributed by atoms with van der Waals surface area (Å²) in [5, 5.41) is 2.86. The Balaban J connectivity index is 1.56. The first-order valence-electron chi connectivity index (χ1n) is 6.72. The summed E-state index contributed by atoms with van der Waals surface area (Å²) in [5.41, 5.74) is 1.43. The van der Waals surface area contributed by atoms with E-state index in [1.54, 1.807) is 6.20 Å². The average molecular weight is 281 g/mol. The largest absolute Gasteiger partial charge is 0.493 e. The molecule has 0 saturated carbocycles. The zero-order chi connectivity index (χ0) is 14.5. The van der Waals surface area contributed by atoms with Crippen molar-refractivity contribution < 1.29 is 9.53 Å². The van der Waals surface area contributed by atoms with Gasteiger partial charge in [-0.25, -0.2) is 4.98 Å². The lowest BCUT2D eigenvalue weighted by molar-refractivity contribution is -0.116. The maximum absolute atomic E-state index is 11.9. The summed E-state index contributed by atoms with van der Waals surface area (Å²) in [6, 6.07) is 13.1. The van der Waals surface area contributed by atoms with E-state index in [4.69, 9.17) is 4.74 Å². The third-order valence-corrected chi connectivity index (χ3v) is 3.03. The van der Waals surface area contributed by atoms with E-state index in [0.717, 1.165) is 11.4 Å². The number of pyridine rings is 1. The van der Waals surface area contributed by atoms with Gasteiger partial charge in [0.25, 0.3) is 0 Å². The first-order chi connectivity index (χ1) is 10.3. The highest BCUT2D eigenvalue weighted by atomic mass is 16.5. The number of imidazole rings is 1. The van der Waals surface area contributed by atoms with Crippen LogP contribution in [0.15, 0.2) is 61.1 Å². The predicted molar refractivity (Wildman–Crippen MR) is 80.4 cm³/mol. The molecule has 0 unspecified atom stereocenters. The van der Waals surface area contributed by atoms with Crippen molar-refractivity contribution in [3.8, 4) is 5.75 Å². The molecule has 2 heterocycles. The van der Waals surface area contributed by atoms with Gasteiger partial charge in [0.15, 0.2) is 5.65 Å². The van der Waals surface area contributed by atoms with Crippen molar-refractivity contribution in [3.63, 3.8) is 0 Å².